The number of sulfonamides is 1. The van der Waals surface area contributed by atoms with Gasteiger partial charge in [0.1, 0.15) is 0 Å². The van der Waals surface area contributed by atoms with Crippen LogP contribution in [0.3, 0.4) is 0 Å². The number of nitrogens with zero attached hydrogens (tertiary/aromatic N) is 3. The summed E-state index contributed by atoms with van der Waals surface area (Å²) in [5.74, 6) is -0.0371. The number of hydrogen-bond acceptors (Lipinski definition) is 5. The molecule has 1 aliphatic rings. The third kappa shape index (κ3) is 5.74. The number of amides is 1. The van der Waals surface area contributed by atoms with Gasteiger partial charge in [-0.3, -0.25) is 9.69 Å². The summed E-state index contributed by atoms with van der Waals surface area (Å²) in [4.78, 5) is 15.5. The molecule has 0 spiro atoms. The van der Waals surface area contributed by atoms with Gasteiger partial charge >= 0.3 is 0 Å². The van der Waals surface area contributed by atoms with Crippen LogP contribution in [0.25, 0.3) is 0 Å². The molecular formula is C12H25N3O4S. The highest BCUT2D eigenvalue weighted by molar-refractivity contribution is 7.88. The van der Waals surface area contributed by atoms with E-state index in [0.717, 1.165) is 0 Å². The molecule has 0 aromatic carbocycles. The summed E-state index contributed by atoms with van der Waals surface area (Å²) in [6, 6.07) is 0. The molecule has 0 bridgehead atoms. The van der Waals surface area contributed by atoms with Gasteiger partial charge in [0.2, 0.25) is 15.9 Å². The summed E-state index contributed by atoms with van der Waals surface area (Å²) in [6.45, 7) is 5.55. The van der Waals surface area contributed by atoms with Crippen LogP contribution in [0.15, 0.2) is 0 Å². The van der Waals surface area contributed by atoms with Crippen LogP contribution in [0.4, 0.5) is 0 Å². The van der Waals surface area contributed by atoms with Gasteiger partial charge in [0.05, 0.1) is 18.4 Å². The van der Waals surface area contributed by atoms with Gasteiger partial charge in [0, 0.05) is 32.7 Å². The Labute approximate surface area is 121 Å². The normalized spacial score (nSPS) is 18.6. The Kier molecular flexibility index (Phi) is 5.54. The van der Waals surface area contributed by atoms with E-state index in [9.17, 15) is 18.3 Å². The lowest BCUT2D eigenvalue weighted by Crippen LogP contribution is -2.52. The van der Waals surface area contributed by atoms with Crippen molar-refractivity contribution in [1.82, 2.24) is 14.1 Å². The van der Waals surface area contributed by atoms with Gasteiger partial charge in [-0.2, -0.15) is 4.31 Å². The topological polar surface area (TPSA) is 81.2 Å². The Hall–Kier alpha value is -0.700. The Balaban J connectivity index is 2.44. The Morgan fingerprint density at radius 1 is 1.25 bits per heavy atom. The molecule has 1 amide bonds. The molecule has 0 atom stereocenters. The maximum absolute atomic E-state index is 12.1. The van der Waals surface area contributed by atoms with Crippen molar-refractivity contribution in [3.8, 4) is 0 Å². The van der Waals surface area contributed by atoms with Crippen LogP contribution in [0.2, 0.25) is 0 Å². The van der Waals surface area contributed by atoms with Gasteiger partial charge in [-0.1, -0.05) is 0 Å². The third-order valence-electron chi connectivity index (χ3n) is 3.12. The molecule has 1 saturated heterocycles. The highest BCUT2D eigenvalue weighted by Crippen LogP contribution is 2.08. The number of likely N-dealkylation sites (N-methyl/N-ethyl adjacent to an activating group) is 1. The summed E-state index contributed by atoms with van der Waals surface area (Å²) in [7, 11) is -1.39. The molecule has 7 nitrogen and oxygen atoms in total. The maximum Gasteiger partial charge on any atom is 0.236 e. The summed E-state index contributed by atoms with van der Waals surface area (Å²) in [5.41, 5.74) is -0.843. The van der Waals surface area contributed by atoms with E-state index in [-0.39, 0.29) is 12.5 Å². The molecule has 0 aromatic rings. The summed E-state index contributed by atoms with van der Waals surface area (Å²) in [6.07, 6.45) is 1.18. The van der Waals surface area contributed by atoms with E-state index >= 15 is 0 Å². The van der Waals surface area contributed by atoms with Crippen LogP contribution in [0.1, 0.15) is 13.8 Å². The summed E-state index contributed by atoms with van der Waals surface area (Å²) >= 11 is 0. The molecular weight excluding hydrogens is 282 g/mol. The zero-order chi connectivity index (χ0) is 15.6. The van der Waals surface area contributed by atoms with Crippen molar-refractivity contribution in [1.29, 1.82) is 0 Å². The minimum absolute atomic E-state index is 0.0371. The molecule has 20 heavy (non-hydrogen) atoms. The first kappa shape index (κ1) is 17.4. The van der Waals surface area contributed by atoms with Crippen molar-refractivity contribution in [2.75, 3.05) is 52.6 Å². The quantitative estimate of drug-likeness (QED) is 0.689. The van der Waals surface area contributed by atoms with Gasteiger partial charge in [0.15, 0.2) is 0 Å². The van der Waals surface area contributed by atoms with Gasteiger partial charge < -0.3 is 10.0 Å². The molecule has 1 fully saturated rings. The van der Waals surface area contributed by atoms with Gasteiger partial charge in [0.25, 0.3) is 0 Å². The highest BCUT2D eigenvalue weighted by Gasteiger charge is 2.27. The lowest BCUT2D eigenvalue weighted by atomic mass is 10.1. The molecule has 1 N–H and O–H groups in total. The van der Waals surface area contributed by atoms with Crippen LogP contribution < -0.4 is 0 Å². The van der Waals surface area contributed by atoms with Crippen LogP contribution >= 0.6 is 0 Å². The van der Waals surface area contributed by atoms with Crippen molar-refractivity contribution in [3.63, 3.8) is 0 Å². The number of aliphatic hydroxyl groups is 1. The van der Waals surface area contributed by atoms with Crippen molar-refractivity contribution in [3.05, 3.63) is 0 Å². The summed E-state index contributed by atoms with van der Waals surface area (Å²) < 4.78 is 24.2. The average Bonchev–Trinajstić information content (AvgIpc) is 2.25. The fraction of sp³-hybridized carbons (Fsp3) is 0.917. The van der Waals surface area contributed by atoms with Gasteiger partial charge in [-0.25, -0.2) is 8.42 Å². The summed E-state index contributed by atoms with van der Waals surface area (Å²) in [5, 5.41) is 9.70. The zero-order valence-corrected chi connectivity index (χ0v) is 13.5. The zero-order valence-electron chi connectivity index (χ0n) is 12.7. The number of carbonyl (C=O) groups excluding carboxylic acids is 1. The van der Waals surface area contributed by atoms with Crippen molar-refractivity contribution in [2.45, 2.75) is 19.4 Å². The Morgan fingerprint density at radius 2 is 1.75 bits per heavy atom. The second-order valence-corrected chi connectivity index (χ2v) is 8.01. The smallest absolute Gasteiger partial charge is 0.236 e. The third-order valence-corrected chi connectivity index (χ3v) is 4.43. The SMILES string of the molecule is CN(CC(=O)N1CCN(S(C)(=O)=O)CC1)CC(C)(C)O. The highest BCUT2D eigenvalue weighted by atomic mass is 32.2. The van der Waals surface area contributed by atoms with Crippen LogP contribution in [0.5, 0.6) is 0 Å². The van der Waals surface area contributed by atoms with E-state index in [2.05, 4.69) is 0 Å². The lowest BCUT2D eigenvalue weighted by Gasteiger charge is -2.34. The predicted octanol–water partition coefficient (Wildman–Crippen LogP) is -1.21. The molecule has 118 valence electrons. The first-order valence-corrected chi connectivity index (χ1v) is 8.48. The van der Waals surface area contributed by atoms with Crippen molar-refractivity contribution >= 4 is 15.9 Å². The van der Waals surface area contributed by atoms with Crippen molar-refractivity contribution < 1.29 is 18.3 Å². The molecule has 1 rings (SSSR count). The predicted molar refractivity (Wildman–Crippen MR) is 76.8 cm³/mol. The van der Waals surface area contributed by atoms with Gasteiger partial charge in [-0.05, 0) is 20.9 Å². The Bertz CT molecular complexity index is 436. The van der Waals surface area contributed by atoms with E-state index in [4.69, 9.17) is 0 Å². The maximum atomic E-state index is 12.1. The van der Waals surface area contributed by atoms with E-state index in [1.165, 1.54) is 10.6 Å². The van der Waals surface area contributed by atoms with Crippen molar-refractivity contribution in [2.24, 2.45) is 0 Å². The van der Waals surface area contributed by atoms with Crippen LogP contribution in [0, 0.1) is 0 Å². The fourth-order valence-corrected chi connectivity index (χ4v) is 3.14. The average molecular weight is 307 g/mol. The molecule has 0 aromatic heterocycles. The number of hydrogen-bond donors (Lipinski definition) is 1. The lowest BCUT2D eigenvalue weighted by molar-refractivity contribution is -0.133. The fourth-order valence-electron chi connectivity index (χ4n) is 2.32. The minimum Gasteiger partial charge on any atom is -0.389 e. The van der Waals surface area contributed by atoms with E-state index < -0.39 is 15.6 Å². The number of rotatable bonds is 5. The molecule has 0 aliphatic carbocycles. The van der Waals surface area contributed by atoms with E-state index in [1.807, 2.05) is 0 Å². The first-order chi connectivity index (χ1) is 8.99. The molecule has 0 radical (unpaired) electrons. The second kappa shape index (κ2) is 6.38. The van der Waals surface area contributed by atoms with Gasteiger partial charge in [-0.15, -0.1) is 0 Å². The largest absolute Gasteiger partial charge is 0.389 e. The molecule has 0 unspecified atom stereocenters. The molecule has 0 saturated carbocycles. The van der Waals surface area contributed by atoms with E-state index in [0.29, 0.717) is 32.7 Å². The minimum atomic E-state index is -3.17. The standard InChI is InChI=1S/C12H25N3O4S/c1-12(2,17)10-13(3)9-11(16)14-5-7-15(8-6-14)20(4,18)19/h17H,5-10H2,1-4H3. The molecule has 1 aliphatic heterocycles. The number of carbonyl (C=O) groups is 1. The number of piperazine rings is 1. The first-order valence-electron chi connectivity index (χ1n) is 6.63. The monoisotopic (exact) mass is 307 g/mol. The van der Waals surface area contributed by atoms with Crippen LogP contribution in [-0.4, -0.2) is 91.7 Å². The molecule has 1 heterocycles. The van der Waals surface area contributed by atoms with E-state index in [1.54, 1.807) is 30.7 Å². The molecule has 8 heteroatoms. The second-order valence-electron chi connectivity index (χ2n) is 6.03. The van der Waals surface area contributed by atoms with Crippen LogP contribution in [-0.2, 0) is 14.8 Å². The Morgan fingerprint density at radius 3 is 2.15 bits per heavy atom.